The van der Waals surface area contributed by atoms with Gasteiger partial charge in [-0.3, -0.25) is 4.79 Å². The molecule has 2 rings (SSSR count). The van der Waals surface area contributed by atoms with Crippen LogP contribution in [0.15, 0.2) is 6.07 Å². The Morgan fingerprint density at radius 2 is 2.29 bits per heavy atom. The van der Waals surface area contributed by atoms with E-state index in [1.54, 1.807) is 4.57 Å². The number of fused-ring (bicyclic) bond motifs is 1. The van der Waals surface area contributed by atoms with Crippen molar-refractivity contribution in [2.24, 2.45) is 0 Å². The van der Waals surface area contributed by atoms with Crippen molar-refractivity contribution in [1.29, 1.82) is 0 Å². The normalized spacial score (nSPS) is 14.9. The van der Waals surface area contributed by atoms with Crippen LogP contribution in [0, 0.1) is 0 Å². The van der Waals surface area contributed by atoms with Gasteiger partial charge in [-0.25, -0.2) is 4.79 Å². The summed E-state index contributed by atoms with van der Waals surface area (Å²) in [6, 6.07) is 1.47. The Morgan fingerprint density at radius 3 is 2.93 bits per heavy atom. The number of aromatic nitrogens is 1. The molecule has 2 heterocycles. The highest BCUT2D eigenvalue weighted by Gasteiger charge is 2.20. The summed E-state index contributed by atoms with van der Waals surface area (Å²) in [6.45, 7) is 0.713. The van der Waals surface area contributed by atoms with Crippen LogP contribution in [-0.2, 0) is 13.0 Å². The highest BCUT2D eigenvalue weighted by Crippen LogP contribution is 2.22. The van der Waals surface area contributed by atoms with Gasteiger partial charge in [0.1, 0.15) is 5.69 Å². The molecular formula is C10H11NO3. The molecule has 0 radical (unpaired) electrons. The third-order valence-electron chi connectivity index (χ3n) is 2.63. The Morgan fingerprint density at radius 1 is 1.50 bits per heavy atom. The molecule has 0 bridgehead atoms. The molecule has 74 valence electrons. The predicted octanol–water partition coefficient (Wildman–Crippen LogP) is 1.34. The number of carbonyl (C=O) groups excluding carboxylic acids is 1. The van der Waals surface area contributed by atoms with Crippen LogP contribution in [-0.4, -0.2) is 21.9 Å². The summed E-state index contributed by atoms with van der Waals surface area (Å²) in [4.78, 5) is 21.6. The van der Waals surface area contributed by atoms with Crippen LogP contribution >= 0.6 is 0 Å². The lowest BCUT2D eigenvalue weighted by atomic mass is 10.1. The Hall–Kier alpha value is -1.58. The highest BCUT2D eigenvalue weighted by molar-refractivity contribution is 5.90. The number of carboxylic acids is 1. The van der Waals surface area contributed by atoms with Crippen molar-refractivity contribution < 1.29 is 14.7 Å². The van der Waals surface area contributed by atoms with E-state index in [1.165, 1.54) is 6.07 Å². The van der Waals surface area contributed by atoms with Crippen molar-refractivity contribution in [3.63, 3.8) is 0 Å². The molecular weight excluding hydrogens is 182 g/mol. The minimum absolute atomic E-state index is 0.238. The molecule has 4 nitrogen and oxygen atoms in total. The van der Waals surface area contributed by atoms with Gasteiger partial charge in [0.15, 0.2) is 6.29 Å². The van der Waals surface area contributed by atoms with Crippen LogP contribution in [0.1, 0.15) is 39.4 Å². The molecule has 0 spiro atoms. The molecule has 4 heteroatoms. The van der Waals surface area contributed by atoms with Gasteiger partial charge in [0, 0.05) is 17.8 Å². The van der Waals surface area contributed by atoms with Gasteiger partial charge in [0.25, 0.3) is 0 Å². The minimum atomic E-state index is -0.957. The number of carboxylic acid groups (broad SMARTS) is 1. The fraction of sp³-hybridized carbons (Fsp3) is 0.400. The van der Waals surface area contributed by atoms with Crippen molar-refractivity contribution in [3.8, 4) is 0 Å². The van der Waals surface area contributed by atoms with Crippen LogP contribution < -0.4 is 0 Å². The van der Waals surface area contributed by atoms with Gasteiger partial charge in [-0.15, -0.1) is 0 Å². The second-order valence-electron chi connectivity index (χ2n) is 3.46. The van der Waals surface area contributed by atoms with Crippen molar-refractivity contribution in [2.75, 3.05) is 0 Å². The zero-order valence-electron chi connectivity index (χ0n) is 7.69. The summed E-state index contributed by atoms with van der Waals surface area (Å²) in [5.74, 6) is -0.957. The van der Waals surface area contributed by atoms with Gasteiger partial charge in [-0.2, -0.15) is 0 Å². The van der Waals surface area contributed by atoms with Crippen LogP contribution in [0.5, 0.6) is 0 Å². The van der Waals surface area contributed by atoms with Gasteiger partial charge in [0.05, 0.1) is 0 Å². The Kier molecular flexibility index (Phi) is 2.11. The number of rotatable bonds is 2. The first-order valence-electron chi connectivity index (χ1n) is 4.65. The molecule has 1 N–H and O–H groups in total. The van der Waals surface area contributed by atoms with Crippen LogP contribution in [0.3, 0.4) is 0 Å². The first-order valence-corrected chi connectivity index (χ1v) is 4.65. The molecule has 0 atom stereocenters. The maximum Gasteiger partial charge on any atom is 0.352 e. The van der Waals surface area contributed by atoms with Crippen molar-refractivity contribution in [1.82, 2.24) is 4.57 Å². The van der Waals surface area contributed by atoms with Crippen molar-refractivity contribution in [3.05, 3.63) is 23.0 Å². The summed E-state index contributed by atoms with van der Waals surface area (Å²) in [7, 11) is 0. The van der Waals surface area contributed by atoms with Crippen LogP contribution in [0.25, 0.3) is 0 Å². The van der Waals surface area contributed by atoms with E-state index in [4.69, 9.17) is 5.11 Å². The zero-order valence-corrected chi connectivity index (χ0v) is 7.69. The van der Waals surface area contributed by atoms with E-state index < -0.39 is 5.97 Å². The summed E-state index contributed by atoms with van der Waals surface area (Å²) in [5, 5.41) is 8.91. The van der Waals surface area contributed by atoms with E-state index in [0.29, 0.717) is 12.1 Å². The van der Waals surface area contributed by atoms with E-state index in [0.717, 1.165) is 31.2 Å². The first kappa shape index (κ1) is 8.99. The molecule has 0 fully saturated rings. The van der Waals surface area contributed by atoms with Crippen molar-refractivity contribution >= 4 is 12.3 Å². The zero-order chi connectivity index (χ0) is 10.1. The SMILES string of the molecule is O=Cc1cc(C(=O)O)n2c1CCCC2. The van der Waals surface area contributed by atoms with Gasteiger partial charge < -0.3 is 9.67 Å². The smallest absolute Gasteiger partial charge is 0.352 e. The summed E-state index contributed by atoms with van der Waals surface area (Å²) < 4.78 is 1.75. The van der Waals surface area contributed by atoms with Gasteiger partial charge in [-0.05, 0) is 25.3 Å². The summed E-state index contributed by atoms with van der Waals surface area (Å²) >= 11 is 0. The summed E-state index contributed by atoms with van der Waals surface area (Å²) in [6.07, 6.45) is 3.56. The second-order valence-corrected chi connectivity index (χ2v) is 3.46. The summed E-state index contributed by atoms with van der Waals surface area (Å²) in [5.41, 5.74) is 1.65. The fourth-order valence-corrected chi connectivity index (χ4v) is 1.99. The molecule has 0 saturated heterocycles. The number of nitrogens with zero attached hydrogens (tertiary/aromatic N) is 1. The molecule has 0 aliphatic carbocycles. The molecule has 0 aromatic carbocycles. The van der Waals surface area contributed by atoms with E-state index in [9.17, 15) is 9.59 Å². The molecule has 14 heavy (non-hydrogen) atoms. The number of carbonyl (C=O) groups is 2. The van der Waals surface area contributed by atoms with Gasteiger partial charge in [-0.1, -0.05) is 0 Å². The Labute approximate surface area is 81.2 Å². The van der Waals surface area contributed by atoms with E-state index in [2.05, 4.69) is 0 Å². The lowest BCUT2D eigenvalue weighted by Gasteiger charge is -2.16. The molecule has 1 aromatic rings. The lowest BCUT2D eigenvalue weighted by molar-refractivity contribution is 0.0683. The Bertz CT molecular complexity index is 392. The van der Waals surface area contributed by atoms with E-state index in [-0.39, 0.29) is 5.69 Å². The van der Waals surface area contributed by atoms with Gasteiger partial charge >= 0.3 is 5.97 Å². The van der Waals surface area contributed by atoms with Crippen LogP contribution in [0.4, 0.5) is 0 Å². The molecule has 1 aliphatic heterocycles. The highest BCUT2D eigenvalue weighted by atomic mass is 16.4. The predicted molar refractivity (Wildman–Crippen MR) is 49.7 cm³/mol. The van der Waals surface area contributed by atoms with Crippen molar-refractivity contribution in [2.45, 2.75) is 25.8 Å². The van der Waals surface area contributed by atoms with E-state index >= 15 is 0 Å². The maximum atomic E-state index is 10.9. The lowest BCUT2D eigenvalue weighted by Crippen LogP contribution is -2.15. The average molecular weight is 193 g/mol. The standard InChI is InChI=1S/C10H11NO3/c12-6-7-5-9(10(13)14)11-4-2-1-3-8(7)11/h5-6H,1-4H2,(H,13,14). The monoisotopic (exact) mass is 193 g/mol. The molecule has 1 aliphatic rings. The third-order valence-corrected chi connectivity index (χ3v) is 2.63. The Balaban J connectivity index is 2.57. The largest absolute Gasteiger partial charge is 0.477 e. The third kappa shape index (κ3) is 1.23. The number of hydrogen-bond acceptors (Lipinski definition) is 2. The quantitative estimate of drug-likeness (QED) is 0.721. The minimum Gasteiger partial charge on any atom is -0.477 e. The average Bonchev–Trinajstić information content (AvgIpc) is 2.56. The number of aromatic carboxylic acids is 1. The van der Waals surface area contributed by atoms with E-state index in [1.807, 2.05) is 0 Å². The van der Waals surface area contributed by atoms with Crippen LogP contribution in [0.2, 0.25) is 0 Å². The molecule has 0 amide bonds. The maximum absolute atomic E-state index is 10.9. The molecule has 0 unspecified atom stereocenters. The second kappa shape index (κ2) is 3.29. The molecule has 0 saturated carbocycles. The topological polar surface area (TPSA) is 59.3 Å². The first-order chi connectivity index (χ1) is 6.74. The van der Waals surface area contributed by atoms with Gasteiger partial charge in [0.2, 0.25) is 0 Å². The molecule has 1 aromatic heterocycles. The number of hydrogen-bond donors (Lipinski definition) is 1. The fourth-order valence-electron chi connectivity index (χ4n) is 1.99. The number of aldehydes is 1.